The number of thioether (sulfide) groups is 2. The zero-order valence-corrected chi connectivity index (χ0v) is 10.9. The van der Waals surface area contributed by atoms with Crippen LogP contribution in [0.5, 0.6) is 0 Å². The maximum Gasteiger partial charge on any atom is 0.303 e. The third-order valence-electron chi connectivity index (χ3n) is 1.75. The lowest BCUT2D eigenvalue weighted by atomic mass is 10.2. The molecule has 86 valence electrons. The number of esters is 1. The summed E-state index contributed by atoms with van der Waals surface area (Å²) in [6.45, 7) is 1.42. The molecule has 0 saturated carbocycles. The smallest absolute Gasteiger partial charge is 0.303 e. The van der Waals surface area contributed by atoms with Crippen molar-refractivity contribution >= 4 is 35.6 Å². The SMILES string of the molecule is CS/C(=C\c1ccccc1)SCOC(C)=O. The van der Waals surface area contributed by atoms with Crippen molar-refractivity contribution in [2.45, 2.75) is 6.92 Å². The number of hydrogen-bond donors (Lipinski definition) is 0. The first-order valence-corrected chi connectivity index (χ1v) is 7.00. The van der Waals surface area contributed by atoms with Gasteiger partial charge >= 0.3 is 5.97 Å². The van der Waals surface area contributed by atoms with E-state index in [4.69, 9.17) is 4.74 Å². The molecule has 0 aliphatic rings. The second kappa shape index (κ2) is 7.41. The van der Waals surface area contributed by atoms with Crippen molar-refractivity contribution in [1.82, 2.24) is 0 Å². The lowest BCUT2D eigenvalue weighted by Crippen LogP contribution is -1.96. The van der Waals surface area contributed by atoms with E-state index in [1.807, 2.05) is 36.6 Å². The van der Waals surface area contributed by atoms with Crippen LogP contribution >= 0.6 is 23.5 Å². The van der Waals surface area contributed by atoms with Gasteiger partial charge in [-0.3, -0.25) is 4.79 Å². The van der Waals surface area contributed by atoms with Crippen LogP contribution in [-0.4, -0.2) is 18.2 Å². The molecule has 0 aliphatic heterocycles. The molecule has 0 N–H and O–H groups in total. The second-order valence-corrected chi connectivity index (χ2v) is 5.05. The molecule has 16 heavy (non-hydrogen) atoms. The molecule has 0 heterocycles. The topological polar surface area (TPSA) is 26.3 Å². The Morgan fingerprint density at radius 3 is 2.62 bits per heavy atom. The standard InChI is InChI=1S/C12H14O2S2/c1-10(13)14-9-16-12(15-2)8-11-6-4-3-5-7-11/h3-8H,9H2,1-2H3/b12-8+. The van der Waals surface area contributed by atoms with Gasteiger partial charge in [0.25, 0.3) is 0 Å². The third kappa shape index (κ3) is 5.28. The van der Waals surface area contributed by atoms with E-state index in [0.717, 1.165) is 9.80 Å². The molecule has 0 bridgehead atoms. The van der Waals surface area contributed by atoms with Crippen LogP contribution in [0, 0.1) is 0 Å². The Balaban J connectivity index is 2.54. The molecule has 1 aromatic carbocycles. The van der Waals surface area contributed by atoms with E-state index in [1.54, 1.807) is 11.8 Å². The van der Waals surface area contributed by atoms with E-state index >= 15 is 0 Å². The first-order chi connectivity index (χ1) is 7.72. The summed E-state index contributed by atoms with van der Waals surface area (Å²) in [4.78, 5) is 10.6. The number of benzene rings is 1. The Hall–Kier alpha value is -0.870. The monoisotopic (exact) mass is 254 g/mol. The summed E-state index contributed by atoms with van der Waals surface area (Å²) < 4.78 is 6.01. The fourth-order valence-corrected chi connectivity index (χ4v) is 2.45. The summed E-state index contributed by atoms with van der Waals surface area (Å²) in [5.74, 6) is 0.127. The first kappa shape index (κ1) is 13.2. The molecule has 1 rings (SSSR count). The highest BCUT2D eigenvalue weighted by molar-refractivity contribution is 8.22. The zero-order valence-electron chi connectivity index (χ0n) is 9.30. The van der Waals surface area contributed by atoms with Gasteiger partial charge < -0.3 is 4.74 Å². The van der Waals surface area contributed by atoms with Crippen molar-refractivity contribution in [2.75, 3.05) is 12.2 Å². The summed E-state index contributed by atoms with van der Waals surface area (Å²) in [6, 6.07) is 10.1. The summed E-state index contributed by atoms with van der Waals surface area (Å²) in [6.07, 6.45) is 4.09. The molecule has 0 spiro atoms. The Morgan fingerprint density at radius 1 is 1.38 bits per heavy atom. The minimum Gasteiger partial charge on any atom is -0.454 e. The van der Waals surface area contributed by atoms with Crippen LogP contribution in [-0.2, 0) is 9.53 Å². The van der Waals surface area contributed by atoms with E-state index in [0.29, 0.717) is 5.94 Å². The van der Waals surface area contributed by atoms with Crippen LogP contribution in [0.4, 0.5) is 0 Å². The van der Waals surface area contributed by atoms with Crippen molar-refractivity contribution in [3.8, 4) is 0 Å². The van der Waals surface area contributed by atoms with Crippen molar-refractivity contribution < 1.29 is 9.53 Å². The van der Waals surface area contributed by atoms with Gasteiger partial charge in [-0.05, 0) is 17.9 Å². The van der Waals surface area contributed by atoms with Gasteiger partial charge in [0, 0.05) is 11.2 Å². The predicted octanol–water partition coefficient (Wildman–Crippen LogP) is 3.60. The lowest BCUT2D eigenvalue weighted by molar-refractivity contribution is -0.138. The molecular weight excluding hydrogens is 240 g/mol. The Morgan fingerprint density at radius 2 is 2.06 bits per heavy atom. The zero-order chi connectivity index (χ0) is 11.8. The third-order valence-corrected chi connectivity index (χ3v) is 3.76. The quantitative estimate of drug-likeness (QED) is 0.592. The van der Waals surface area contributed by atoms with Crippen LogP contribution in [0.1, 0.15) is 12.5 Å². The minimum absolute atomic E-state index is 0.243. The highest BCUT2D eigenvalue weighted by Crippen LogP contribution is 2.28. The molecule has 2 nitrogen and oxygen atoms in total. The van der Waals surface area contributed by atoms with Crippen LogP contribution in [0.15, 0.2) is 34.6 Å². The number of carbonyl (C=O) groups is 1. The normalized spacial score (nSPS) is 11.2. The molecule has 0 saturated heterocycles. The van der Waals surface area contributed by atoms with Gasteiger partial charge in [0.05, 0.1) is 0 Å². The largest absolute Gasteiger partial charge is 0.454 e. The van der Waals surface area contributed by atoms with Crippen LogP contribution in [0.25, 0.3) is 6.08 Å². The number of rotatable bonds is 5. The molecule has 0 unspecified atom stereocenters. The summed E-state index contributed by atoms with van der Waals surface area (Å²) in [5.41, 5.74) is 1.15. The average molecular weight is 254 g/mol. The number of carbonyl (C=O) groups excluding carboxylic acids is 1. The summed E-state index contributed by atoms with van der Waals surface area (Å²) in [5, 5.41) is 0. The predicted molar refractivity (Wildman–Crippen MR) is 72.2 cm³/mol. The van der Waals surface area contributed by atoms with E-state index in [1.165, 1.54) is 18.7 Å². The molecule has 0 radical (unpaired) electrons. The van der Waals surface area contributed by atoms with E-state index in [-0.39, 0.29) is 5.97 Å². The van der Waals surface area contributed by atoms with Gasteiger partial charge in [-0.25, -0.2) is 0 Å². The van der Waals surface area contributed by atoms with Crippen LogP contribution < -0.4 is 0 Å². The number of hydrogen-bond acceptors (Lipinski definition) is 4. The minimum atomic E-state index is -0.243. The molecule has 0 fully saturated rings. The van der Waals surface area contributed by atoms with Crippen molar-refractivity contribution in [1.29, 1.82) is 0 Å². The van der Waals surface area contributed by atoms with Crippen LogP contribution in [0.3, 0.4) is 0 Å². The van der Waals surface area contributed by atoms with Gasteiger partial charge in [-0.15, -0.1) is 11.8 Å². The van der Waals surface area contributed by atoms with Gasteiger partial charge in [0.15, 0.2) is 0 Å². The maximum absolute atomic E-state index is 10.6. The van der Waals surface area contributed by atoms with Gasteiger partial charge in [-0.1, -0.05) is 42.1 Å². The Kier molecular flexibility index (Phi) is 6.11. The fraction of sp³-hybridized carbons (Fsp3) is 0.250. The van der Waals surface area contributed by atoms with E-state index in [9.17, 15) is 4.79 Å². The van der Waals surface area contributed by atoms with Gasteiger partial charge in [0.1, 0.15) is 5.94 Å². The molecule has 1 aromatic rings. The van der Waals surface area contributed by atoms with Gasteiger partial charge in [-0.2, -0.15) is 0 Å². The first-order valence-electron chi connectivity index (χ1n) is 4.79. The average Bonchev–Trinajstić information content (AvgIpc) is 2.28. The van der Waals surface area contributed by atoms with E-state index in [2.05, 4.69) is 6.08 Å². The van der Waals surface area contributed by atoms with Crippen molar-refractivity contribution in [3.05, 3.63) is 40.1 Å². The van der Waals surface area contributed by atoms with Gasteiger partial charge in [0.2, 0.25) is 0 Å². The Labute approximate surface area is 104 Å². The fourth-order valence-electron chi connectivity index (χ4n) is 1.02. The summed E-state index contributed by atoms with van der Waals surface area (Å²) in [7, 11) is 0. The Bertz CT molecular complexity index is 361. The van der Waals surface area contributed by atoms with E-state index < -0.39 is 0 Å². The molecule has 4 heteroatoms. The molecule has 0 aromatic heterocycles. The summed E-state index contributed by atoms with van der Waals surface area (Å²) >= 11 is 3.17. The molecule has 0 amide bonds. The van der Waals surface area contributed by atoms with Crippen LogP contribution in [0.2, 0.25) is 0 Å². The second-order valence-electron chi connectivity index (χ2n) is 2.98. The highest BCUT2D eigenvalue weighted by atomic mass is 32.2. The maximum atomic E-state index is 10.6. The number of ether oxygens (including phenoxy) is 1. The lowest BCUT2D eigenvalue weighted by Gasteiger charge is -2.04. The molecular formula is C12H14O2S2. The molecule has 0 aliphatic carbocycles. The van der Waals surface area contributed by atoms with Crippen molar-refractivity contribution in [2.24, 2.45) is 0 Å². The molecule has 0 atom stereocenters. The highest BCUT2D eigenvalue weighted by Gasteiger charge is 1.99. The van der Waals surface area contributed by atoms with Crippen molar-refractivity contribution in [3.63, 3.8) is 0 Å².